The number of rotatable bonds is 5. The van der Waals surface area contributed by atoms with Crippen LogP contribution in [0.15, 0.2) is 47.4 Å². The summed E-state index contributed by atoms with van der Waals surface area (Å²) in [6.07, 6.45) is 1.55. The summed E-state index contributed by atoms with van der Waals surface area (Å²) in [6.45, 7) is 4.72. The van der Waals surface area contributed by atoms with E-state index in [-0.39, 0.29) is 35.7 Å². The second-order valence-corrected chi connectivity index (χ2v) is 9.98. The van der Waals surface area contributed by atoms with Crippen LogP contribution in [-0.2, 0) is 39.0 Å². The van der Waals surface area contributed by atoms with Crippen molar-refractivity contribution >= 4 is 27.5 Å². The normalized spacial score (nSPS) is 17.9. The molecular weight excluding hydrogens is 414 g/mol. The van der Waals surface area contributed by atoms with E-state index in [4.69, 9.17) is 0 Å². The van der Waals surface area contributed by atoms with Crippen LogP contribution in [0.5, 0.6) is 0 Å². The fourth-order valence-electron chi connectivity index (χ4n) is 4.50. The predicted octanol–water partition coefficient (Wildman–Crippen LogP) is 2.24. The molecule has 4 rings (SSSR count). The fourth-order valence-corrected chi connectivity index (χ4v) is 5.58. The Morgan fingerprint density at radius 3 is 2.58 bits per heavy atom. The molecule has 0 unspecified atom stereocenters. The molecule has 0 radical (unpaired) electrons. The van der Waals surface area contributed by atoms with Crippen LogP contribution in [0.1, 0.15) is 37.0 Å². The summed E-state index contributed by atoms with van der Waals surface area (Å²) >= 11 is 0. The highest BCUT2D eigenvalue weighted by Gasteiger charge is 2.30. The maximum atomic E-state index is 12.7. The Hall–Kier alpha value is -2.71. The number of anilines is 1. The first-order chi connectivity index (χ1) is 14.8. The molecule has 2 heterocycles. The van der Waals surface area contributed by atoms with E-state index in [2.05, 4.69) is 10.8 Å². The average Bonchev–Trinajstić information content (AvgIpc) is 3.08. The molecule has 0 fully saturated rings. The van der Waals surface area contributed by atoms with Crippen LogP contribution in [0.4, 0.5) is 5.69 Å². The van der Waals surface area contributed by atoms with Gasteiger partial charge in [-0.3, -0.25) is 9.59 Å². The van der Waals surface area contributed by atoms with Gasteiger partial charge in [-0.15, -0.1) is 0 Å². The van der Waals surface area contributed by atoms with E-state index >= 15 is 0 Å². The number of nitrogens with zero attached hydrogens (tertiary/aromatic N) is 2. The summed E-state index contributed by atoms with van der Waals surface area (Å²) in [4.78, 5) is 28.1. The summed E-state index contributed by atoms with van der Waals surface area (Å²) in [6, 6.07) is 12.9. The van der Waals surface area contributed by atoms with Crippen LogP contribution in [0.25, 0.3) is 0 Å². The SMILES string of the molecule is CC(=O)N1c2ccc(S(=O)(=O)NCCC(=O)N3CCc4ccccc4C3)cc2C[C@@H]1C. The Morgan fingerprint density at radius 1 is 1.10 bits per heavy atom. The lowest BCUT2D eigenvalue weighted by molar-refractivity contribution is -0.132. The van der Waals surface area contributed by atoms with Crippen molar-refractivity contribution in [2.24, 2.45) is 0 Å². The number of hydrogen-bond acceptors (Lipinski definition) is 4. The first-order valence-corrected chi connectivity index (χ1v) is 12.0. The maximum absolute atomic E-state index is 12.7. The summed E-state index contributed by atoms with van der Waals surface area (Å²) in [5, 5.41) is 0. The summed E-state index contributed by atoms with van der Waals surface area (Å²) in [7, 11) is -3.74. The molecule has 1 atom stereocenters. The third-order valence-electron chi connectivity index (χ3n) is 6.03. The molecule has 0 saturated carbocycles. The van der Waals surface area contributed by atoms with Crippen molar-refractivity contribution in [2.75, 3.05) is 18.0 Å². The Balaban J connectivity index is 1.36. The lowest BCUT2D eigenvalue weighted by Gasteiger charge is -2.29. The van der Waals surface area contributed by atoms with Gasteiger partial charge in [0.1, 0.15) is 0 Å². The molecule has 0 bridgehead atoms. The number of benzene rings is 2. The highest BCUT2D eigenvalue weighted by atomic mass is 32.2. The highest BCUT2D eigenvalue weighted by molar-refractivity contribution is 7.89. The second kappa shape index (κ2) is 8.43. The van der Waals surface area contributed by atoms with E-state index in [0.29, 0.717) is 19.5 Å². The van der Waals surface area contributed by atoms with E-state index in [0.717, 1.165) is 23.2 Å². The number of carbonyl (C=O) groups excluding carboxylic acids is 2. The number of carbonyl (C=O) groups is 2. The highest BCUT2D eigenvalue weighted by Crippen LogP contribution is 2.33. The Labute approximate surface area is 183 Å². The van der Waals surface area contributed by atoms with Crippen molar-refractivity contribution in [3.8, 4) is 0 Å². The Bertz CT molecular complexity index is 1130. The van der Waals surface area contributed by atoms with E-state index < -0.39 is 10.0 Å². The zero-order chi connectivity index (χ0) is 22.2. The van der Waals surface area contributed by atoms with Gasteiger partial charge in [0.25, 0.3) is 0 Å². The summed E-state index contributed by atoms with van der Waals surface area (Å²) < 4.78 is 28.0. The van der Waals surface area contributed by atoms with Gasteiger partial charge in [0.15, 0.2) is 0 Å². The number of hydrogen-bond donors (Lipinski definition) is 1. The minimum atomic E-state index is -3.74. The van der Waals surface area contributed by atoms with Crippen molar-refractivity contribution in [1.82, 2.24) is 9.62 Å². The maximum Gasteiger partial charge on any atom is 0.240 e. The molecule has 7 nitrogen and oxygen atoms in total. The van der Waals surface area contributed by atoms with Gasteiger partial charge in [-0.25, -0.2) is 13.1 Å². The van der Waals surface area contributed by atoms with Gasteiger partial charge in [-0.1, -0.05) is 24.3 Å². The molecule has 0 saturated heterocycles. The van der Waals surface area contributed by atoms with Crippen molar-refractivity contribution < 1.29 is 18.0 Å². The molecule has 2 aliphatic rings. The van der Waals surface area contributed by atoms with Crippen molar-refractivity contribution in [1.29, 1.82) is 0 Å². The zero-order valence-corrected chi connectivity index (χ0v) is 18.6. The van der Waals surface area contributed by atoms with Crippen molar-refractivity contribution in [3.63, 3.8) is 0 Å². The molecule has 0 spiro atoms. The molecule has 2 aromatic carbocycles. The van der Waals surface area contributed by atoms with Gasteiger partial charge in [0, 0.05) is 44.7 Å². The largest absolute Gasteiger partial charge is 0.338 e. The molecule has 0 aromatic heterocycles. The molecule has 1 N–H and O–H groups in total. The van der Waals surface area contributed by atoms with Crippen LogP contribution in [0.3, 0.4) is 0 Å². The topological polar surface area (TPSA) is 86.8 Å². The Morgan fingerprint density at radius 2 is 1.84 bits per heavy atom. The fraction of sp³-hybridized carbons (Fsp3) is 0.391. The van der Waals surface area contributed by atoms with Gasteiger partial charge >= 0.3 is 0 Å². The number of sulfonamides is 1. The van der Waals surface area contributed by atoms with Crippen LogP contribution < -0.4 is 9.62 Å². The van der Waals surface area contributed by atoms with Gasteiger partial charge in [-0.2, -0.15) is 0 Å². The smallest absolute Gasteiger partial charge is 0.240 e. The minimum Gasteiger partial charge on any atom is -0.338 e. The summed E-state index contributed by atoms with van der Waals surface area (Å²) in [5.74, 6) is -0.115. The number of fused-ring (bicyclic) bond motifs is 2. The predicted molar refractivity (Wildman–Crippen MR) is 118 cm³/mol. The van der Waals surface area contributed by atoms with E-state index in [9.17, 15) is 18.0 Å². The third kappa shape index (κ3) is 4.36. The van der Waals surface area contributed by atoms with Crippen LogP contribution >= 0.6 is 0 Å². The average molecular weight is 442 g/mol. The van der Waals surface area contributed by atoms with Crippen molar-refractivity contribution in [2.45, 2.75) is 50.6 Å². The second-order valence-electron chi connectivity index (χ2n) is 8.21. The van der Waals surface area contributed by atoms with Gasteiger partial charge in [0.05, 0.1) is 4.90 Å². The van der Waals surface area contributed by atoms with Crippen LogP contribution in [0, 0.1) is 0 Å². The molecular formula is C23H27N3O4S. The van der Waals surface area contributed by atoms with E-state index in [1.807, 2.05) is 25.1 Å². The lowest BCUT2D eigenvalue weighted by Crippen LogP contribution is -2.38. The molecule has 0 aliphatic carbocycles. The van der Waals surface area contributed by atoms with Gasteiger partial charge in [0.2, 0.25) is 21.8 Å². The van der Waals surface area contributed by atoms with Crippen LogP contribution in [0.2, 0.25) is 0 Å². The lowest BCUT2D eigenvalue weighted by atomic mass is 10.00. The van der Waals surface area contributed by atoms with Crippen LogP contribution in [-0.4, -0.2) is 44.3 Å². The van der Waals surface area contributed by atoms with Crippen molar-refractivity contribution in [3.05, 3.63) is 59.2 Å². The third-order valence-corrected chi connectivity index (χ3v) is 7.49. The van der Waals surface area contributed by atoms with Gasteiger partial charge in [-0.05, 0) is 54.7 Å². The number of nitrogens with one attached hydrogen (secondary N) is 1. The zero-order valence-electron chi connectivity index (χ0n) is 17.8. The standard InChI is InChI=1S/C23H27N3O4S/c1-16-13-20-14-21(7-8-22(20)26(16)17(2)27)31(29,30)24-11-9-23(28)25-12-10-18-5-3-4-6-19(18)15-25/h3-8,14,16,24H,9-13,15H2,1-2H3/t16-/m0/s1. The summed E-state index contributed by atoms with van der Waals surface area (Å²) in [5.41, 5.74) is 4.02. The molecule has 8 heteroatoms. The minimum absolute atomic E-state index is 0.00529. The molecule has 2 amide bonds. The monoisotopic (exact) mass is 441 g/mol. The molecule has 164 valence electrons. The first kappa shape index (κ1) is 21.5. The molecule has 2 aromatic rings. The molecule has 31 heavy (non-hydrogen) atoms. The van der Waals surface area contributed by atoms with Gasteiger partial charge < -0.3 is 9.80 Å². The quantitative estimate of drug-likeness (QED) is 0.771. The number of amides is 2. The van der Waals surface area contributed by atoms with E-state index in [1.54, 1.807) is 21.9 Å². The Kier molecular flexibility index (Phi) is 5.85. The van der Waals surface area contributed by atoms with E-state index in [1.165, 1.54) is 18.6 Å². The molecule has 2 aliphatic heterocycles. The first-order valence-electron chi connectivity index (χ1n) is 10.5.